The summed E-state index contributed by atoms with van der Waals surface area (Å²) in [5.74, 6) is -0.0603. The first-order valence-corrected chi connectivity index (χ1v) is 10.9. The van der Waals surface area contributed by atoms with E-state index < -0.39 is 18.0 Å². The maximum absolute atomic E-state index is 13.0. The molecule has 0 bridgehead atoms. The SMILES string of the molecule is CN1C(=O)C2C(=NC(N=Nc3c(O)[nH]c4ccc(Br)cc34)=[N+]2Cc2ccccc2)N(C)C1=O.O. The topological polar surface area (TPSA) is 148 Å². The maximum atomic E-state index is 13.0. The highest BCUT2D eigenvalue weighted by atomic mass is 79.9. The van der Waals surface area contributed by atoms with Gasteiger partial charge in [0.25, 0.3) is 5.91 Å². The lowest BCUT2D eigenvalue weighted by atomic mass is 10.1. The Hall–Kier alpha value is -3.90. The van der Waals surface area contributed by atoms with Crippen molar-refractivity contribution in [1.29, 1.82) is 0 Å². The molecule has 2 aliphatic rings. The zero-order chi connectivity index (χ0) is 23.3. The second-order valence-corrected chi connectivity index (χ2v) is 8.65. The minimum atomic E-state index is -0.808. The standard InChI is InChI=1S/C22H18BrN7O3.H2O/c1-28-18-17(20(32)29(2)22(28)33)30(11-12-6-4-3-5-7-12)21(25-18)27-26-16-14-10-13(23)8-9-15(14)24-19(16)31;/h3-10,17H,11H2,1-2H3,(H,24,26,31);1H2/p+1. The summed E-state index contributed by atoms with van der Waals surface area (Å²) in [5.41, 5.74) is 1.89. The Labute approximate surface area is 202 Å². The summed E-state index contributed by atoms with van der Waals surface area (Å²) in [5, 5.41) is 19.6. The Morgan fingerprint density at radius 3 is 2.59 bits per heavy atom. The largest absolute Gasteiger partial charge is 0.493 e. The predicted molar refractivity (Wildman–Crippen MR) is 128 cm³/mol. The van der Waals surface area contributed by atoms with E-state index in [1.807, 2.05) is 48.5 Å². The molecule has 0 spiro atoms. The molecule has 1 unspecified atom stereocenters. The number of imide groups is 1. The van der Waals surface area contributed by atoms with E-state index in [-0.39, 0.29) is 23.0 Å². The Balaban J connectivity index is 0.00000274. The number of amides is 3. The van der Waals surface area contributed by atoms with Crippen LogP contribution in [0, 0.1) is 0 Å². The number of aliphatic imine (C=N–C) groups is 1. The van der Waals surface area contributed by atoms with Gasteiger partial charge in [0.2, 0.25) is 17.8 Å². The highest BCUT2D eigenvalue weighted by Crippen LogP contribution is 2.37. The van der Waals surface area contributed by atoms with E-state index in [0.717, 1.165) is 14.9 Å². The van der Waals surface area contributed by atoms with Gasteiger partial charge < -0.3 is 15.6 Å². The molecule has 2 aromatic carbocycles. The summed E-state index contributed by atoms with van der Waals surface area (Å²) in [4.78, 5) is 35.2. The highest BCUT2D eigenvalue weighted by molar-refractivity contribution is 9.10. The molecule has 3 aromatic rings. The van der Waals surface area contributed by atoms with Gasteiger partial charge in [-0.25, -0.2) is 9.37 Å². The fourth-order valence-electron chi connectivity index (χ4n) is 3.94. The first-order chi connectivity index (χ1) is 15.8. The van der Waals surface area contributed by atoms with E-state index in [0.29, 0.717) is 23.3 Å². The third-order valence-corrected chi connectivity index (χ3v) is 6.15. The molecule has 1 saturated heterocycles. The summed E-state index contributed by atoms with van der Waals surface area (Å²) >= 11 is 3.42. The monoisotopic (exact) mass is 526 g/mol. The van der Waals surface area contributed by atoms with Crippen LogP contribution in [-0.4, -0.2) is 73.8 Å². The van der Waals surface area contributed by atoms with Gasteiger partial charge in [0.1, 0.15) is 0 Å². The molecule has 3 amide bonds. The van der Waals surface area contributed by atoms with Gasteiger partial charge in [0.15, 0.2) is 5.69 Å². The van der Waals surface area contributed by atoms with Crippen LogP contribution in [0.3, 0.4) is 0 Å². The molecule has 0 saturated carbocycles. The summed E-state index contributed by atoms with van der Waals surface area (Å²) < 4.78 is 2.53. The zero-order valence-electron chi connectivity index (χ0n) is 18.2. The normalized spacial score (nSPS) is 18.1. The lowest BCUT2D eigenvalue weighted by molar-refractivity contribution is -0.552. The Bertz CT molecular complexity index is 1400. The molecular formula is C22H21BrN7O4+. The van der Waals surface area contributed by atoms with Crippen LogP contribution in [0.4, 0.5) is 10.5 Å². The number of carbonyl (C=O) groups is 2. The number of likely N-dealkylation sites (N-methyl/N-ethyl adjacent to an activating group) is 2. The van der Waals surface area contributed by atoms with Gasteiger partial charge in [-0.2, -0.15) is 0 Å². The quantitative estimate of drug-likeness (QED) is 0.399. The molecule has 5 rings (SSSR count). The molecule has 12 heteroatoms. The molecule has 34 heavy (non-hydrogen) atoms. The molecular weight excluding hydrogens is 506 g/mol. The second-order valence-electron chi connectivity index (χ2n) is 7.74. The van der Waals surface area contributed by atoms with Gasteiger partial charge in [0, 0.05) is 29.1 Å². The summed E-state index contributed by atoms with van der Waals surface area (Å²) in [6.45, 7) is 0.333. The number of halogens is 1. The van der Waals surface area contributed by atoms with Crippen molar-refractivity contribution >= 4 is 56.3 Å². The van der Waals surface area contributed by atoms with Crippen LogP contribution >= 0.6 is 15.9 Å². The van der Waals surface area contributed by atoms with Crippen LogP contribution in [0.2, 0.25) is 0 Å². The number of rotatable bonds is 3. The van der Waals surface area contributed by atoms with Crippen LogP contribution in [-0.2, 0) is 11.3 Å². The lowest BCUT2D eigenvalue weighted by Crippen LogP contribution is -2.61. The fourth-order valence-corrected chi connectivity index (χ4v) is 4.30. The number of aromatic hydroxyl groups is 1. The maximum Gasteiger partial charge on any atom is 0.454 e. The van der Waals surface area contributed by atoms with Gasteiger partial charge in [-0.05, 0) is 28.8 Å². The first-order valence-electron chi connectivity index (χ1n) is 10.1. The number of hydrogen-bond donors (Lipinski definition) is 2. The van der Waals surface area contributed by atoms with Crippen molar-refractivity contribution in [3.63, 3.8) is 0 Å². The van der Waals surface area contributed by atoms with Crippen LogP contribution in [0.25, 0.3) is 10.9 Å². The number of fused-ring (bicyclic) bond motifs is 2. The molecule has 1 atom stereocenters. The fraction of sp³-hybridized carbons (Fsp3) is 0.182. The van der Waals surface area contributed by atoms with Crippen molar-refractivity contribution in [2.24, 2.45) is 15.2 Å². The van der Waals surface area contributed by atoms with Crippen molar-refractivity contribution < 1.29 is 24.7 Å². The van der Waals surface area contributed by atoms with Crippen molar-refractivity contribution in [1.82, 2.24) is 14.8 Å². The smallest absolute Gasteiger partial charge is 0.454 e. The third-order valence-electron chi connectivity index (χ3n) is 5.66. The van der Waals surface area contributed by atoms with Crippen LogP contribution in [0.1, 0.15) is 5.56 Å². The minimum absolute atomic E-state index is 0. The van der Waals surface area contributed by atoms with E-state index >= 15 is 0 Å². The number of aromatic amines is 1. The number of H-pyrrole nitrogens is 1. The van der Waals surface area contributed by atoms with E-state index in [4.69, 9.17) is 0 Å². The number of hydrogen-bond acceptors (Lipinski definition) is 6. The van der Waals surface area contributed by atoms with Crippen molar-refractivity contribution in [2.75, 3.05) is 14.1 Å². The van der Waals surface area contributed by atoms with Gasteiger partial charge in [-0.3, -0.25) is 14.6 Å². The summed E-state index contributed by atoms with van der Waals surface area (Å²) in [7, 11) is 3.01. The number of benzene rings is 2. The predicted octanol–water partition coefficient (Wildman–Crippen LogP) is 2.77. The first kappa shape index (κ1) is 23.3. The zero-order valence-corrected chi connectivity index (χ0v) is 19.8. The Morgan fingerprint density at radius 1 is 1.12 bits per heavy atom. The number of guanidine groups is 1. The number of nitrogens with one attached hydrogen (secondary N) is 1. The molecule has 11 nitrogen and oxygen atoms in total. The molecule has 3 heterocycles. The van der Waals surface area contributed by atoms with E-state index in [9.17, 15) is 14.7 Å². The lowest BCUT2D eigenvalue weighted by Gasteiger charge is -2.31. The number of nitrogens with zero attached hydrogens (tertiary/aromatic N) is 6. The van der Waals surface area contributed by atoms with Crippen LogP contribution in [0.15, 0.2) is 68.2 Å². The van der Waals surface area contributed by atoms with Crippen molar-refractivity contribution in [3.05, 3.63) is 58.6 Å². The molecule has 1 fully saturated rings. The Morgan fingerprint density at radius 2 is 1.85 bits per heavy atom. The molecule has 174 valence electrons. The number of aromatic nitrogens is 1. The highest BCUT2D eigenvalue weighted by Gasteiger charge is 2.51. The Kier molecular flexibility index (Phi) is 6.02. The number of carbonyl (C=O) groups excluding carboxylic acids is 2. The molecule has 4 N–H and O–H groups in total. The number of amidine groups is 1. The van der Waals surface area contributed by atoms with Crippen molar-refractivity contribution in [3.8, 4) is 5.88 Å². The minimum Gasteiger partial charge on any atom is -0.493 e. The molecule has 1 aromatic heterocycles. The molecule has 0 radical (unpaired) electrons. The summed E-state index contributed by atoms with van der Waals surface area (Å²) in [6, 6.07) is 13.8. The van der Waals surface area contributed by atoms with Gasteiger partial charge in [-0.1, -0.05) is 51.4 Å². The van der Waals surface area contributed by atoms with E-state index in [2.05, 4.69) is 36.1 Å². The van der Waals surface area contributed by atoms with E-state index in [1.54, 1.807) is 11.6 Å². The van der Waals surface area contributed by atoms with Gasteiger partial charge in [0.05, 0.1) is 12.1 Å². The third kappa shape index (κ3) is 3.76. The average molecular weight is 527 g/mol. The number of urea groups is 1. The molecule has 0 aliphatic carbocycles. The van der Waals surface area contributed by atoms with Gasteiger partial charge >= 0.3 is 12.0 Å². The van der Waals surface area contributed by atoms with Crippen LogP contribution < -0.4 is 0 Å². The van der Waals surface area contributed by atoms with E-state index in [1.165, 1.54) is 11.9 Å². The van der Waals surface area contributed by atoms with Gasteiger partial charge in [-0.15, -0.1) is 0 Å². The summed E-state index contributed by atoms with van der Waals surface area (Å²) in [6.07, 6.45) is 0. The number of azo groups is 1. The molecule has 2 aliphatic heterocycles. The second kappa shape index (κ2) is 8.80. The average Bonchev–Trinajstić information content (AvgIpc) is 3.32. The van der Waals surface area contributed by atoms with Crippen LogP contribution in [0.5, 0.6) is 5.88 Å². The van der Waals surface area contributed by atoms with Crippen molar-refractivity contribution in [2.45, 2.75) is 12.6 Å².